The number of aryl methyl sites for hydroxylation is 1. The maximum absolute atomic E-state index is 13.5. The van der Waals surface area contributed by atoms with E-state index in [1.165, 1.54) is 6.92 Å². The van der Waals surface area contributed by atoms with E-state index in [1.54, 1.807) is 35.9 Å². The zero-order chi connectivity index (χ0) is 39.1. The number of nitrogens with one attached hydrogen (secondary N) is 3. The molecule has 1 unspecified atom stereocenters. The number of carbonyl (C=O) groups excluding carboxylic acids is 5. The average Bonchev–Trinajstić information content (AvgIpc) is 3.80. The van der Waals surface area contributed by atoms with E-state index in [0.717, 1.165) is 81.1 Å². The normalized spacial score (nSPS) is 19.1. The first kappa shape index (κ1) is 36.9. The standard InChI is InChI=1S/C40H44N10O6/c1-23-30-22-43-40(46-35(30)49(26-6-3-4-7-26)39(56)34(23)24(2)51)44-32-12-9-27(21-42-32)48-18-16-47(17-19-48)15-5-14-41-25-8-10-28-29(20-25)38(55)50(37(28)54)31-11-13-33(52)45-36(31)53/h8-10,12,20-22,26,31,41H,3-7,11,13-19H2,1-2H3,(H,45,52,53)(H,42,43,44,46). The third-order valence-electron chi connectivity index (χ3n) is 11.4. The van der Waals surface area contributed by atoms with E-state index in [1.807, 2.05) is 18.3 Å². The lowest BCUT2D eigenvalue weighted by atomic mass is 10.0. The molecule has 0 radical (unpaired) electrons. The number of benzene rings is 1. The average molecular weight is 761 g/mol. The number of nitrogens with zero attached hydrogens (tertiary/aromatic N) is 7. The minimum Gasteiger partial charge on any atom is -0.385 e. The minimum atomic E-state index is -0.986. The zero-order valence-electron chi connectivity index (χ0n) is 31.5. The Kier molecular flexibility index (Phi) is 10.1. The summed E-state index contributed by atoms with van der Waals surface area (Å²) in [5, 5.41) is 9.47. The van der Waals surface area contributed by atoms with Crippen molar-refractivity contribution in [1.82, 2.24) is 34.6 Å². The Morgan fingerprint density at radius 1 is 0.911 bits per heavy atom. The Balaban J connectivity index is 0.826. The van der Waals surface area contributed by atoms with E-state index in [-0.39, 0.29) is 46.9 Å². The highest BCUT2D eigenvalue weighted by molar-refractivity contribution is 6.23. The highest BCUT2D eigenvalue weighted by atomic mass is 16.2. The zero-order valence-corrected chi connectivity index (χ0v) is 31.5. The number of amides is 4. The number of carbonyl (C=O) groups is 5. The van der Waals surface area contributed by atoms with Gasteiger partial charge < -0.3 is 15.5 Å². The summed E-state index contributed by atoms with van der Waals surface area (Å²) in [6.07, 6.45) is 8.40. The number of hydrogen-bond donors (Lipinski definition) is 3. The summed E-state index contributed by atoms with van der Waals surface area (Å²) in [5.41, 5.74) is 3.31. The molecule has 1 aliphatic carbocycles. The fourth-order valence-electron chi connectivity index (χ4n) is 8.42. The summed E-state index contributed by atoms with van der Waals surface area (Å²) >= 11 is 0. The number of piperidine rings is 1. The van der Waals surface area contributed by atoms with Crippen molar-refractivity contribution in [3.05, 3.63) is 75.3 Å². The van der Waals surface area contributed by atoms with Crippen LogP contribution in [0.25, 0.3) is 11.0 Å². The molecule has 0 bridgehead atoms. The second-order valence-electron chi connectivity index (χ2n) is 14.9. The highest BCUT2D eigenvalue weighted by Crippen LogP contribution is 2.33. The van der Waals surface area contributed by atoms with Gasteiger partial charge in [-0.25, -0.2) is 9.97 Å². The number of fused-ring (bicyclic) bond motifs is 2. The van der Waals surface area contributed by atoms with Gasteiger partial charge in [-0.05, 0) is 82.0 Å². The van der Waals surface area contributed by atoms with Crippen LogP contribution in [0.2, 0.25) is 0 Å². The Morgan fingerprint density at radius 3 is 2.39 bits per heavy atom. The molecule has 4 aromatic rings. The van der Waals surface area contributed by atoms with Crippen LogP contribution in [0.1, 0.15) is 94.5 Å². The summed E-state index contributed by atoms with van der Waals surface area (Å²) in [6.45, 7) is 8.26. The maximum atomic E-state index is 13.5. The molecule has 0 spiro atoms. The summed E-state index contributed by atoms with van der Waals surface area (Å²) in [4.78, 5) is 95.6. The molecule has 3 aromatic heterocycles. The summed E-state index contributed by atoms with van der Waals surface area (Å²) < 4.78 is 1.70. The molecule has 16 nitrogen and oxygen atoms in total. The van der Waals surface area contributed by atoms with Gasteiger partial charge in [0.25, 0.3) is 17.4 Å². The molecule has 8 rings (SSSR count). The van der Waals surface area contributed by atoms with Gasteiger partial charge in [-0.3, -0.25) is 48.5 Å². The van der Waals surface area contributed by atoms with Gasteiger partial charge in [0, 0.05) is 62.5 Å². The van der Waals surface area contributed by atoms with Crippen LogP contribution in [-0.2, 0) is 9.59 Å². The molecule has 16 heteroatoms. The Labute approximate surface area is 322 Å². The van der Waals surface area contributed by atoms with Crippen molar-refractivity contribution in [3.63, 3.8) is 0 Å². The molecule has 6 heterocycles. The van der Waals surface area contributed by atoms with Gasteiger partial charge in [-0.1, -0.05) is 12.8 Å². The first-order valence-electron chi connectivity index (χ1n) is 19.3. The van der Waals surface area contributed by atoms with Gasteiger partial charge in [0.2, 0.25) is 17.8 Å². The van der Waals surface area contributed by atoms with Crippen LogP contribution in [-0.4, -0.2) is 104 Å². The third kappa shape index (κ3) is 7.00. The largest absolute Gasteiger partial charge is 0.385 e. The van der Waals surface area contributed by atoms with Gasteiger partial charge in [0.1, 0.15) is 17.5 Å². The monoisotopic (exact) mass is 760 g/mol. The van der Waals surface area contributed by atoms with Crippen molar-refractivity contribution in [2.75, 3.05) is 54.8 Å². The van der Waals surface area contributed by atoms with Crippen LogP contribution in [0.5, 0.6) is 0 Å². The minimum absolute atomic E-state index is 0.00140. The van der Waals surface area contributed by atoms with Crippen LogP contribution in [0, 0.1) is 6.92 Å². The van der Waals surface area contributed by atoms with Crippen molar-refractivity contribution in [2.45, 2.75) is 70.9 Å². The smallest absolute Gasteiger partial charge is 0.263 e. The number of pyridine rings is 2. The lowest BCUT2D eigenvalue weighted by Gasteiger charge is -2.36. The van der Waals surface area contributed by atoms with E-state index in [9.17, 15) is 28.8 Å². The SMILES string of the molecule is CC(=O)c1c(C)c2cnc(Nc3ccc(N4CCN(CCCNc5ccc6c(c5)C(=O)N(C5CCC(=O)NC5=O)C6=O)CC4)cn3)nc2n(C2CCCC2)c1=O. The molecule has 1 atom stereocenters. The molecule has 3 aliphatic heterocycles. The quantitative estimate of drug-likeness (QED) is 0.114. The second-order valence-corrected chi connectivity index (χ2v) is 14.9. The third-order valence-corrected chi connectivity index (χ3v) is 11.4. The van der Waals surface area contributed by atoms with Gasteiger partial charge in [-0.15, -0.1) is 0 Å². The predicted octanol–water partition coefficient (Wildman–Crippen LogP) is 3.58. The molecule has 56 heavy (non-hydrogen) atoms. The van der Waals surface area contributed by atoms with E-state index >= 15 is 0 Å². The van der Waals surface area contributed by atoms with E-state index in [4.69, 9.17) is 4.98 Å². The van der Waals surface area contributed by atoms with E-state index < -0.39 is 29.7 Å². The molecule has 290 valence electrons. The number of aromatic nitrogens is 4. The second kappa shape index (κ2) is 15.2. The Morgan fingerprint density at radius 2 is 1.68 bits per heavy atom. The first-order valence-corrected chi connectivity index (χ1v) is 19.3. The molecule has 3 N–H and O–H groups in total. The summed E-state index contributed by atoms with van der Waals surface area (Å²) in [6, 6.07) is 7.97. The van der Waals surface area contributed by atoms with Crippen LogP contribution in [0.3, 0.4) is 0 Å². The van der Waals surface area contributed by atoms with Crippen molar-refractivity contribution in [3.8, 4) is 0 Å². The van der Waals surface area contributed by atoms with Crippen LogP contribution < -0.4 is 26.4 Å². The van der Waals surface area contributed by atoms with Gasteiger partial charge in [-0.2, -0.15) is 4.98 Å². The molecular weight excluding hydrogens is 717 g/mol. The molecule has 3 fully saturated rings. The number of anilines is 4. The van der Waals surface area contributed by atoms with E-state index in [2.05, 4.69) is 35.7 Å². The lowest BCUT2D eigenvalue weighted by molar-refractivity contribution is -0.136. The fourth-order valence-corrected chi connectivity index (χ4v) is 8.42. The topological polar surface area (TPSA) is 192 Å². The number of imide groups is 2. The Bertz CT molecular complexity index is 2310. The highest BCUT2D eigenvalue weighted by Gasteiger charge is 2.44. The summed E-state index contributed by atoms with van der Waals surface area (Å²) in [7, 11) is 0. The van der Waals surface area contributed by atoms with Gasteiger partial charge in [0.15, 0.2) is 5.78 Å². The van der Waals surface area contributed by atoms with Crippen LogP contribution in [0.15, 0.2) is 47.5 Å². The van der Waals surface area contributed by atoms with Gasteiger partial charge >= 0.3 is 0 Å². The van der Waals surface area contributed by atoms with Crippen molar-refractivity contribution in [1.29, 1.82) is 0 Å². The number of piperazine rings is 1. The predicted molar refractivity (Wildman–Crippen MR) is 208 cm³/mol. The van der Waals surface area contributed by atoms with Crippen molar-refractivity contribution >= 4 is 63.6 Å². The maximum Gasteiger partial charge on any atom is 0.263 e. The Hall–Kier alpha value is -6.03. The van der Waals surface area contributed by atoms with E-state index in [0.29, 0.717) is 34.9 Å². The lowest BCUT2D eigenvalue weighted by Crippen LogP contribution is -2.54. The first-order chi connectivity index (χ1) is 27.1. The van der Waals surface area contributed by atoms with Crippen LogP contribution >= 0.6 is 0 Å². The van der Waals surface area contributed by atoms with Gasteiger partial charge in [0.05, 0.1) is 28.6 Å². The molecule has 4 aliphatic rings. The van der Waals surface area contributed by atoms with Crippen molar-refractivity contribution in [2.24, 2.45) is 0 Å². The fraction of sp³-hybridized carbons (Fsp3) is 0.425. The molecular formula is C40H44N10O6. The van der Waals surface area contributed by atoms with Crippen molar-refractivity contribution < 1.29 is 24.0 Å². The molecule has 1 aromatic carbocycles. The number of hydrogen-bond acceptors (Lipinski definition) is 13. The molecule has 1 saturated carbocycles. The number of ketones is 1. The number of rotatable bonds is 11. The molecule has 4 amide bonds. The number of Topliss-reactive ketones (excluding diaryl/α,β-unsaturated/α-hetero) is 1. The molecule has 2 saturated heterocycles. The summed E-state index contributed by atoms with van der Waals surface area (Å²) in [5.74, 6) is -1.40. The van der Waals surface area contributed by atoms with Crippen LogP contribution in [0.4, 0.5) is 23.1 Å².